The quantitative estimate of drug-likeness (QED) is 0.832. The Hall–Kier alpha value is -1.11. The lowest BCUT2D eigenvalue weighted by atomic mass is 10.2. The molecule has 0 unspecified atom stereocenters. The molecule has 0 aromatic heterocycles. The predicted molar refractivity (Wildman–Crippen MR) is 60.2 cm³/mol. The monoisotopic (exact) mass is 307 g/mol. The van der Waals surface area contributed by atoms with Crippen molar-refractivity contribution in [3.63, 3.8) is 0 Å². The predicted octanol–water partition coefficient (Wildman–Crippen LogP) is 1.85. The van der Waals surface area contributed by atoms with E-state index in [0.717, 1.165) is 0 Å². The van der Waals surface area contributed by atoms with Gasteiger partial charge in [-0.2, -0.15) is 0 Å². The van der Waals surface area contributed by atoms with Gasteiger partial charge in [0.1, 0.15) is 0 Å². The van der Waals surface area contributed by atoms with E-state index in [1.807, 2.05) is 5.48 Å². The standard InChI is InChI=1S/C9H7BrClNO4/c10-6-3-5(1-2-7(6)11)9(15)12-16-4-8(13)14/h1-3H,4H2,(H,12,15)(H,13,14). The number of benzene rings is 1. The highest BCUT2D eigenvalue weighted by Crippen LogP contribution is 2.23. The number of hydroxylamine groups is 1. The van der Waals surface area contributed by atoms with Crippen molar-refractivity contribution in [1.29, 1.82) is 0 Å². The smallest absolute Gasteiger partial charge is 0.332 e. The lowest BCUT2D eigenvalue weighted by Crippen LogP contribution is -2.26. The molecule has 1 aromatic rings. The molecule has 0 radical (unpaired) electrons. The number of amides is 1. The minimum absolute atomic E-state index is 0.307. The Morgan fingerprint density at radius 1 is 1.50 bits per heavy atom. The van der Waals surface area contributed by atoms with E-state index in [-0.39, 0.29) is 0 Å². The molecule has 0 aliphatic rings. The molecule has 16 heavy (non-hydrogen) atoms. The average Bonchev–Trinajstić information content (AvgIpc) is 2.21. The number of rotatable bonds is 4. The molecule has 0 saturated heterocycles. The van der Waals surface area contributed by atoms with Gasteiger partial charge in [0.05, 0.1) is 5.02 Å². The summed E-state index contributed by atoms with van der Waals surface area (Å²) in [6, 6.07) is 4.53. The lowest BCUT2D eigenvalue weighted by Gasteiger charge is -2.04. The van der Waals surface area contributed by atoms with E-state index in [2.05, 4.69) is 20.8 Å². The fourth-order valence-corrected chi connectivity index (χ4v) is 1.36. The van der Waals surface area contributed by atoms with Crippen LogP contribution in [0.3, 0.4) is 0 Å². The van der Waals surface area contributed by atoms with Crippen molar-refractivity contribution < 1.29 is 19.5 Å². The number of carboxylic acids is 1. The summed E-state index contributed by atoms with van der Waals surface area (Å²) in [5.41, 5.74) is 2.30. The maximum atomic E-state index is 11.4. The maximum Gasteiger partial charge on any atom is 0.332 e. The molecular weight excluding hydrogens is 301 g/mol. The third-order valence-corrected chi connectivity index (χ3v) is 2.76. The molecule has 0 fully saturated rings. The van der Waals surface area contributed by atoms with Gasteiger partial charge in [0.25, 0.3) is 5.91 Å². The van der Waals surface area contributed by atoms with Gasteiger partial charge in [-0.3, -0.25) is 9.63 Å². The highest BCUT2D eigenvalue weighted by molar-refractivity contribution is 9.10. The van der Waals surface area contributed by atoms with Crippen LogP contribution in [0, 0.1) is 0 Å². The minimum atomic E-state index is -1.17. The SMILES string of the molecule is O=C(O)CONC(=O)c1ccc(Cl)c(Br)c1. The molecule has 1 amide bonds. The Morgan fingerprint density at radius 3 is 2.75 bits per heavy atom. The van der Waals surface area contributed by atoms with Crippen LogP contribution in [-0.2, 0) is 9.63 Å². The summed E-state index contributed by atoms with van der Waals surface area (Å²) in [6.07, 6.45) is 0. The summed E-state index contributed by atoms with van der Waals surface area (Å²) in [7, 11) is 0. The number of aliphatic carboxylic acids is 1. The molecule has 0 saturated carbocycles. The number of hydrogen-bond acceptors (Lipinski definition) is 3. The first-order valence-corrected chi connectivity index (χ1v) is 5.27. The number of carbonyl (C=O) groups excluding carboxylic acids is 1. The van der Waals surface area contributed by atoms with Crippen molar-refractivity contribution in [2.24, 2.45) is 0 Å². The maximum absolute atomic E-state index is 11.4. The molecule has 0 atom stereocenters. The zero-order valence-electron chi connectivity index (χ0n) is 7.87. The lowest BCUT2D eigenvalue weighted by molar-refractivity contribution is -0.144. The molecule has 5 nitrogen and oxygen atoms in total. The van der Waals surface area contributed by atoms with Crippen LogP contribution in [0.5, 0.6) is 0 Å². The van der Waals surface area contributed by atoms with Gasteiger partial charge in [0.15, 0.2) is 6.61 Å². The fourth-order valence-electron chi connectivity index (χ4n) is 0.860. The summed E-state index contributed by atoms with van der Waals surface area (Å²) < 4.78 is 0.569. The number of halogens is 2. The van der Waals surface area contributed by atoms with Crippen LogP contribution < -0.4 is 5.48 Å². The van der Waals surface area contributed by atoms with E-state index in [0.29, 0.717) is 15.1 Å². The Morgan fingerprint density at radius 2 is 2.19 bits per heavy atom. The summed E-state index contributed by atoms with van der Waals surface area (Å²) in [5.74, 6) is -1.71. The van der Waals surface area contributed by atoms with E-state index in [9.17, 15) is 9.59 Å². The molecule has 0 spiro atoms. The summed E-state index contributed by atoms with van der Waals surface area (Å²) in [6.45, 7) is -0.597. The van der Waals surface area contributed by atoms with Crippen LogP contribution in [0.1, 0.15) is 10.4 Å². The van der Waals surface area contributed by atoms with Crippen LogP contribution >= 0.6 is 27.5 Å². The molecule has 0 aliphatic heterocycles. The minimum Gasteiger partial charge on any atom is -0.479 e. The highest BCUT2D eigenvalue weighted by atomic mass is 79.9. The third kappa shape index (κ3) is 3.80. The van der Waals surface area contributed by atoms with Gasteiger partial charge >= 0.3 is 5.97 Å². The molecule has 0 bridgehead atoms. The van der Waals surface area contributed by atoms with Crippen molar-refractivity contribution in [2.75, 3.05) is 6.61 Å². The van der Waals surface area contributed by atoms with Crippen molar-refractivity contribution in [1.82, 2.24) is 5.48 Å². The molecule has 0 aliphatic carbocycles. The van der Waals surface area contributed by atoms with E-state index in [1.54, 1.807) is 0 Å². The molecule has 7 heteroatoms. The van der Waals surface area contributed by atoms with Crippen molar-refractivity contribution in [3.05, 3.63) is 33.3 Å². The second kappa shape index (κ2) is 5.83. The first kappa shape index (κ1) is 13.0. The highest BCUT2D eigenvalue weighted by Gasteiger charge is 2.08. The topological polar surface area (TPSA) is 75.6 Å². The molecule has 0 heterocycles. The van der Waals surface area contributed by atoms with Gasteiger partial charge in [-0.1, -0.05) is 11.6 Å². The van der Waals surface area contributed by atoms with Crippen LogP contribution in [0.2, 0.25) is 5.02 Å². The zero-order chi connectivity index (χ0) is 12.1. The van der Waals surface area contributed by atoms with Crippen LogP contribution in [0.4, 0.5) is 0 Å². The van der Waals surface area contributed by atoms with Gasteiger partial charge in [-0.25, -0.2) is 10.3 Å². The van der Waals surface area contributed by atoms with Crippen molar-refractivity contribution >= 4 is 39.4 Å². The Labute approximate surface area is 104 Å². The van der Waals surface area contributed by atoms with E-state index < -0.39 is 18.5 Å². The van der Waals surface area contributed by atoms with E-state index >= 15 is 0 Å². The summed E-state index contributed by atoms with van der Waals surface area (Å²) >= 11 is 8.90. The third-order valence-electron chi connectivity index (χ3n) is 1.54. The molecule has 1 aromatic carbocycles. The average molecular weight is 309 g/mol. The molecule has 1 rings (SSSR count). The Bertz CT molecular complexity index is 424. The Kier molecular flexibility index (Phi) is 4.72. The summed E-state index contributed by atoms with van der Waals surface area (Å²) in [4.78, 5) is 25.9. The number of hydrogen-bond donors (Lipinski definition) is 2. The number of nitrogens with one attached hydrogen (secondary N) is 1. The van der Waals surface area contributed by atoms with Crippen molar-refractivity contribution in [2.45, 2.75) is 0 Å². The van der Waals surface area contributed by atoms with E-state index in [4.69, 9.17) is 16.7 Å². The van der Waals surface area contributed by atoms with Gasteiger partial charge < -0.3 is 5.11 Å². The molecular formula is C9H7BrClNO4. The van der Waals surface area contributed by atoms with Crippen LogP contribution in [0.15, 0.2) is 22.7 Å². The number of carbonyl (C=O) groups is 2. The van der Waals surface area contributed by atoms with Crippen LogP contribution in [-0.4, -0.2) is 23.6 Å². The zero-order valence-corrected chi connectivity index (χ0v) is 10.2. The van der Waals surface area contributed by atoms with Gasteiger partial charge in [-0.05, 0) is 34.1 Å². The van der Waals surface area contributed by atoms with Crippen LogP contribution in [0.25, 0.3) is 0 Å². The molecule has 2 N–H and O–H groups in total. The summed E-state index contributed by atoms with van der Waals surface area (Å²) in [5, 5.41) is 8.75. The van der Waals surface area contributed by atoms with E-state index in [1.165, 1.54) is 18.2 Å². The van der Waals surface area contributed by atoms with Gasteiger partial charge in [0, 0.05) is 10.0 Å². The normalized spacial score (nSPS) is 9.88. The largest absolute Gasteiger partial charge is 0.479 e. The Balaban J connectivity index is 2.59. The second-order valence-corrected chi connectivity index (χ2v) is 4.00. The van der Waals surface area contributed by atoms with Crippen molar-refractivity contribution in [3.8, 4) is 0 Å². The van der Waals surface area contributed by atoms with Gasteiger partial charge in [-0.15, -0.1) is 0 Å². The fraction of sp³-hybridized carbons (Fsp3) is 0.111. The first-order chi connectivity index (χ1) is 7.50. The first-order valence-electron chi connectivity index (χ1n) is 4.09. The van der Waals surface area contributed by atoms with Gasteiger partial charge in [0.2, 0.25) is 0 Å². The number of carboxylic acid groups (broad SMARTS) is 1. The second-order valence-electron chi connectivity index (χ2n) is 2.74. The molecule has 86 valence electrons.